The van der Waals surface area contributed by atoms with Gasteiger partial charge in [-0.2, -0.15) is 0 Å². The predicted molar refractivity (Wildman–Crippen MR) is 77.3 cm³/mol. The van der Waals surface area contributed by atoms with E-state index >= 15 is 0 Å². The standard InChI is InChI=1S/C17H22O4/c1-9-5-6-15(20-11(3)18)17(4)8-14-12(7-13(9)17)10(2)16(19)21-14/h12,14-15H,2,5-8H2,1,3-4H3/t12-,14+,15-,17-/m1/s1. The molecule has 0 aromatic rings. The maximum absolute atomic E-state index is 11.8. The van der Waals surface area contributed by atoms with Gasteiger partial charge >= 0.3 is 11.9 Å². The molecule has 2 aliphatic carbocycles. The summed E-state index contributed by atoms with van der Waals surface area (Å²) in [5.41, 5.74) is 3.07. The van der Waals surface area contributed by atoms with Gasteiger partial charge in [-0.15, -0.1) is 0 Å². The predicted octanol–water partition coefficient (Wildman–Crippen LogP) is 2.93. The number of hydrogen-bond acceptors (Lipinski definition) is 4. The minimum absolute atomic E-state index is 0.0894. The van der Waals surface area contributed by atoms with E-state index in [2.05, 4.69) is 20.4 Å². The molecule has 4 atom stereocenters. The molecule has 1 saturated heterocycles. The highest BCUT2D eigenvalue weighted by Gasteiger charge is 2.54. The molecule has 2 fully saturated rings. The van der Waals surface area contributed by atoms with Crippen molar-refractivity contribution in [3.8, 4) is 0 Å². The van der Waals surface area contributed by atoms with Crippen molar-refractivity contribution in [3.05, 3.63) is 23.3 Å². The first-order valence-electron chi connectivity index (χ1n) is 7.59. The number of carbonyl (C=O) groups excluding carboxylic acids is 2. The molecular weight excluding hydrogens is 268 g/mol. The van der Waals surface area contributed by atoms with Gasteiger partial charge in [0.2, 0.25) is 0 Å². The van der Waals surface area contributed by atoms with Crippen LogP contribution in [0.3, 0.4) is 0 Å². The lowest BCUT2D eigenvalue weighted by molar-refractivity contribution is -0.157. The second-order valence-corrected chi connectivity index (χ2v) is 6.80. The molecule has 0 aromatic heterocycles. The molecule has 1 saturated carbocycles. The molecule has 1 aliphatic heterocycles. The fraction of sp³-hybridized carbons (Fsp3) is 0.647. The Morgan fingerprint density at radius 2 is 2.19 bits per heavy atom. The molecule has 0 bridgehead atoms. The average Bonchev–Trinajstić information content (AvgIpc) is 2.66. The Kier molecular flexibility index (Phi) is 3.23. The largest absolute Gasteiger partial charge is 0.462 e. The first-order chi connectivity index (χ1) is 9.83. The fourth-order valence-corrected chi connectivity index (χ4v) is 4.30. The van der Waals surface area contributed by atoms with E-state index < -0.39 is 0 Å². The van der Waals surface area contributed by atoms with Crippen LogP contribution in [0.5, 0.6) is 0 Å². The van der Waals surface area contributed by atoms with Crippen LogP contribution in [0.2, 0.25) is 0 Å². The number of ether oxygens (including phenoxy) is 2. The first-order valence-corrected chi connectivity index (χ1v) is 7.59. The van der Waals surface area contributed by atoms with Crippen molar-refractivity contribution in [3.63, 3.8) is 0 Å². The van der Waals surface area contributed by atoms with E-state index in [0.717, 1.165) is 19.3 Å². The van der Waals surface area contributed by atoms with Crippen LogP contribution in [0, 0.1) is 11.3 Å². The van der Waals surface area contributed by atoms with Gasteiger partial charge in [0, 0.05) is 23.8 Å². The Morgan fingerprint density at radius 3 is 2.86 bits per heavy atom. The van der Waals surface area contributed by atoms with Crippen molar-refractivity contribution in [1.82, 2.24) is 0 Å². The number of hydrogen-bond donors (Lipinski definition) is 0. The third-order valence-corrected chi connectivity index (χ3v) is 5.47. The zero-order valence-corrected chi connectivity index (χ0v) is 12.9. The molecule has 114 valence electrons. The summed E-state index contributed by atoms with van der Waals surface area (Å²) in [5, 5.41) is 0. The number of rotatable bonds is 1. The summed E-state index contributed by atoms with van der Waals surface area (Å²) in [4.78, 5) is 23.2. The number of carbonyl (C=O) groups is 2. The lowest BCUT2D eigenvalue weighted by Gasteiger charge is -2.48. The highest BCUT2D eigenvalue weighted by molar-refractivity contribution is 5.91. The Bertz CT molecular complexity index is 559. The van der Waals surface area contributed by atoms with Crippen LogP contribution in [-0.2, 0) is 19.1 Å². The fourth-order valence-electron chi connectivity index (χ4n) is 4.30. The summed E-state index contributed by atoms with van der Waals surface area (Å²) >= 11 is 0. The van der Waals surface area contributed by atoms with E-state index in [4.69, 9.17) is 9.47 Å². The SMILES string of the molecule is C=C1C(=O)O[C@H]2C[C@]3(C)C(=C(C)CC[C@H]3OC(C)=O)C[C@H]12. The number of allylic oxidation sites excluding steroid dienone is 1. The Morgan fingerprint density at radius 1 is 1.48 bits per heavy atom. The molecule has 21 heavy (non-hydrogen) atoms. The van der Waals surface area contributed by atoms with Crippen LogP contribution in [0.1, 0.15) is 46.5 Å². The van der Waals surface area contributed by atoms with Gasteiger partial charge < -0.3 is 9.47 Å². The van der Waals surface area contributed by atoms with Gasteiger partial charge in [0.1, 0.15) is 12.2 Å². The highest BCUT2D eigenvalue weighted by atomic mass is 16.6. The second-order valence-electron chi connectivity index (χ2n) is 6.80. The molecule has 0 unspecified atom stereocenters. The Balaban J connectivity index is 1.96. The molecule has 1 heterocycles. The lowest BCUT2D eigenvalue weighted by atomic mass is 9.59. The molecular formula is C17H22O4. The number of fused-ring (bicyclic) bond motifs is 2. The minimum atomic E-state index is -0.269. The summed E-state index contributed by atoms with van der Waals surface area (Å²) < 4.78 is 11.1. The van der Waals surface area contributed by atoms with Gasteiger partial charge in [-0.05, 0) is 32.6 Å². The highest BCUT2D eigenvalue weighted by Crippen LogP contribution is 2.55. The third-order valence-electron chi connectivity index (χ3n) is 5.47. The van der Waals surface area contributed by atoms with Crippen LogP contribution in [0.15, 0.2) is 23.3 Å². The Labute approximate surface area is 125 Å². The van der Waals surface area contributed by atoms with E-state index in [0.29, 0.717) is 12.0 Å². The third kappa shape index (κ3) is 2.12. The van der Waals surface area contributed by atoms with Crippen molar-refractivity contribution in [2.75, 3.05) is 0 Å². The van der Waals surface area contributed by atoms with Gasteiger partial charge in [-0.1, -0.05) is 24.6 Å². The van der Waals surface area contributed by atoms with Crippen molar-refractivity contribution < 1.29 is 19.1 Å². The van der Waals surface area contributed by atoms with Crippen LogP contribution in [0.25, 0.3) is 0 Å². The smallest absolute Gasteiger partial charge is 0.334 e. The van der Waals surface area contributed by atoms with E-state index in [1.165, 1.54) is 18.1 Å². The molecule has 0 aromatic carbocycles. The molecule has 0 radical (unpaired) electrons. The van der Waals surface area contributed by atoms with Gasteiger partial charge in [-0.25, -0.2) is 4.79 Å². The molecule has 0 N–H and O–H groups in total. The molecule has 3 rings (SSSR count). The minimum Gasteiger partial charge on any atom is -0.462 e. The normalized spacial score (nSPS) is 38.7. The molecule has 4 heteroatoms. The second kappa shape index (κ2) is 4.72. The zero-order valence-electron chi connectivity index (χ0n) is 12.9. The quantitative estimate of drug-likeness (QED) is 0.423. The lowest BCUT2D eigenvalue weighted by Crippen LogP contribution is -2.47. The summed E-state index contributed by atoms with van der Waals surface area (Å²) in [6, 6.07) is 0. The van der Waals surface area contributed by atoms with Gasteiger partial charge in [-0.3, -0.25) is 4.79 Å². The van der Waals surface area contributed by atoms with Crippen LogP contribution in [0.4, 0.5) is 0 Å². The molecule has 0 amide bonds. The summed E-state index contributed by atoms with van der Waals surface area (Å²) in [7, 11) is 0. The monoisotopic (exact) mass is 290 g/mol. The molecule has 4 nitrogen and oxygen atoms in total. The number of esters is 2. The maximum Gasteiger partial charge on any atom is 0.334 e. The van der Waals surface area contributed by atoms with Crippen LogP contribution in [-0.4, -0.2) is 24.1 Å². The van der Waals surface area contributed by atoms with Crippen molar-refractivity contribution in [1.29, 1.82) is 0 Å². The van der Waals surface area contributed by atoms with Crippen molar-refractivity contribution in [2.45, 2.75) is 58.7 Å². The summed E-state index contributed by atoms with van der Waals surface area (Å²) in [6.45, 7) is 9.64. The summed E-state index contributed by atoms with van der Waals surface area (Å²) in [5.74, 6) is -0.420. The average molecular weight is 290 g/mol. The Hall–Kier alpha value is -1.58. The maximum atomic E-state index is 11.8. The van der Waals surface area contributed by atoms with E-state index in [9.17, 15) is 9.59 Å². The topological polar surface area (TPSA) is 52.6 Å². The van der Waals surface area contributed by atoms with Crippen molar-refractivity contribution in [2.24, 2.45) is 11.3 Å². The van der Waals surface area contributed by atoms with E-state index in [1.54, 1.807) is 0 Å². The van der Waals surface area contributed by atoms with E-state index in [1.807, 2.05) is 0 Å². The summed E-state index contributed by atoms with van der Waals surface area (Å²) in [6.07, 6.45) is 3.06. The molecule has 0 spiro atoms. The molecule has 3 aliphatic rings. The zero-order chi connectivity index (χ0) is 15.4. The van der Waals surface area contributed by atoms with Gasteiger partial charge in [0.25, 0.3) is 0 Å². The van der Waals surface area contributed by atoms with Gasteiger partial charge in [0.05, 0.1) is 0 Å². The van der Waals surface area contributed by atoms with Crippen molar-refractivity contribution >= 4 is 11.9 Å². The first kappa shape index (κ1) is 14.4. The van der Waals surface area contributed by atoms with Crippen LogP contribution >= 0.6 is 0 Å². The van der Waals surface area contributed by atoms with Crippen LogP contribution < -0.4 is 0 Å². The van der Waals surface area contributed by atoms with Gasteiger partial charge in [0.15, 0.2) is 0 Å². The van der Waals surface area contributed by atoms with E-state index in [-0.39, 0.29) is 35.5 Å².